The predicted octanol–water partition coefficient (Wildman–Crippen LogP) is 4.64. The van der Waals surface area contributed by atoms with Gasteiger partial charge in [0.25, 0.3) is 5.56 Å². The molecule has 0 aliphatic carbocycles. The number of carbonyl (C=O) groups is 1. The number of unbranched alkanes of at least 4 members (excludes halogenated alkanes) is 1. The van der Waals surface area contributed by atoms with E-state index in [-0.39, 0.29) is 17.2 Å². The van der Waals surface area contributed by atoms with Crippen LogP contribution in [0.1, 0.15) is 35.8 Å². The van der Waals surface area contributed by atoms with Crippen molar-refractivity contribution in [2.45, 2.75) is 51.9 Å². The molecule has 0 bridgehead atoms. The van der Waals surface area contributed by atoms with Gasteiger partial charge in [-0.15, -0.1) is 11.3 Å². The summed E-state index contributed by atoms with van der Waals surface area (Å²) in [5.41, 5.74) is 1.85. The number of para-hydroxylation sites is 1. The van der Waals surface area contributed by atoms with Crippen LogP contribution in [-0.2, 0) is 17.9 Å². The van der Waals surface area contributed by atoms with Crippen molar-refractivity contribution >= 4 is 39.2 Å². The van der Waals surface area contributed by atoms with Crippen molar-refractivity contribution in [3.63, 3.8) is 0 Å². The van der Waals surface area contributed by atoms with Crippen molar-refractivity contribution < 1.29 is 14.3 Å². The minimum atomic E-state index is -0.0557. The number of thioether (sulfide) groups is 1. The fourth-order valence-electron chi connectivity index (χ4n) is 3.59. The first kappa shape index (κ1) is 25.1. The van der Waals surface area contributed by atoms with E-state index in [1.807, 2.05) is 32.0 Å². The smallest absolute Gasteiger partial charge is 0.263 e. The van der Waals surface area contributed by atoms with Gasteiger partial charge < -0.3 is 14.4 Å². The van der Waals surface area contributed by atoms with Gasteiger partial charge in [0.05, 0.1) is 25.4 Å². The summed E-state index contributed by atoms with van der Waals surface area (Å²) < 4.78 is 12.6. The van der Waals surface area contributed by atoms with Crippen molar-refractivity contribution in [1.82, 2.24) is 14.5 Å². The molecular formula is C24H31N3O4S2. The van der Waals surface area contributed by atoms with E-state index in [2.05, 4.69) is 6.92 Å². The lowest BCUT2D eigenvalue weighted by atomic mass is 10.1. The van der Waals surface area contributed by atoms with E-state index in [9.17, 15) is 9.59 Å². The number of ether oxygens (including phenoxy) is 2. The van der Waals surface area contributed by atoms with Gasteiger partial charge in [-0.05, 0) is 31.9 Å². The van der Waals surface area contributed by atoms with Gasteiger partial charge in [-0.25, -0.2) is 4.98 Å². The summed E-state index contributed by atoms with van der Waals surface area (Å²) in [6.07, 6.45) is 1.85. The lowest BCUT2D eigenvalue weighted by Gasteiger charge is -2.20. The first-order valence-corrected chi connectivity index (χ1v) is 12.7. The molecule has 0 N–H and O–H groups in total. The number of nitrogens with zero attached hydrogens (tertiary/aromatic N) is 3. The SMILES string of the molecule is CCCCn1c(SCC(=O)N(C)Cc2cccc(OC)c2OC)nc2sc(C)c(C)c2c1=O. The van der Waals surface area contributed by atoms with Crippen molar-refractivity contribution in [3.05, 3.63) is 44.6 Å². The van der Waals surface area contributed by atoms with Crippen LogP contribution in [0.5, 0.6) is 11.5 Å². The Morgan fingerprint density at radius 2 is 2.00 bits per heavy atom. The first-order valence-electron chi connectivity index (χ1n) is 10.9. The number of aromatic nitrogens is 2. The van der Waals surface area contributed by atoms with E-state index >= 15 is 0 Å². The number of aryl methyl sites for hydroxylation is 2. The summed E-state index contributed by atoms with van der Waals surface area (Å²) in [6.45, 7) is 7.06. The van der Waals surface area contributed by atoms with Gasteiger partial charge in [0.15, 0.2) is 16.7 Å². The molecule has 178 valence electrons. The molecule has 1 aromatic carbocycles. The molecule has 0 saturated heterocycles. The summed E-state index contributed by atoms with van der Waals surface area (Å²) in [6, 6.07) is 5.61. The number of amides is 1. The van der Waals surface area contributed by atoms with Crippen molar-refractivity contribution in [1.29, 1.82) is 0 Å². The number of benzene rings is 1. The summed E-state index contributed by atoms with van der Waals surface area (Å²) in [5.74, 6) is 1.39. The van der Waals surface area contributed by atoms with E-state index in [1.165, 1.54) is 23.1 Å². The van der Waals surface area contributed by atoms with E-state index in [4.69, 9.17) is 14.5 Å². The lowest BCUT2D eigenvalue weighted by Crippen LogP contribution is -2.29. The van der Waals surface area contributed by atoms with Crippen LogP contribution < -0.4 is 15.0 Å². The summed E-state index contributed by atoms with van der Waals surface area (Å²) >= 11 is 2.85. The van der Waals surface area contributed by atoms with Crippen LogP contribution in [0.3, 0.4) is 0 Å². The first-order chi connectivity index (χ1) is 15.8. The zero-order chi connectivity index (χ0) is 24.1. The minimum absolute atomic E-state index is 0.0141. The van der Waals surface area contributed by atoms with E-state index in [0.29, 0.717) is 35.1 Å². The molecular weight excluding hydrogens is 458 g/mol. The zero-order valence-electron chi connectivity index (χ0n) is 20.1. The molecule has 0 fully saturated rings. The monoisotopic (exact) mass is 489 g/mol. The Bertz CT molecular complexity index is 1200. The standard InChI is InChI=1S/C24H31N3O4S2/c1-7-8-12-27-23(29)20-15(2)16(3)33-22(20)25-24(27)32-14-19(28)26(4)13-17-10-9-11-18(30-5)21(17)31-6/h9-11H,7-8,12-14H2,1-6H3. The molecule has 9 heteroatoms. The van der Waals surface area contributed by atoms with Crippen molar-refractivity contribution in [2.75, 3.05) is 27.0 Å². The van der Waals surface area contributed by atoms with Gasteiger partial charge in [-0.1, -0.05) is 37.2 Å². The van der Waals surface area contributed by atoms with Gasteiger partial charge in [0, 0.05) is 30.6 Å². The number of fused-ring (bicyclic) bond motifs is 1. The molecule has 0 unspecified atom stereocenters. The van der Waals surface area contributed by atoms with E-state index in [1.54, 1.807) is 30.7 Å². The fourth-order valence-corrected chi connectivity index (χ4v) is 5.63. The third-order valence-electron chi connectivity index (χ3n) is 5.63. The Morgan fingerprint density at radius 1 is 1.24 bits per heavy atom. The summed E-state index contributed by atoms with van der Waals surface area (Å²) in [4.78, 5) is 34.4. The molecule has 0 saturated carbocycles. The molecule has 0 atom stereocenters. The third kappa shape index (κ3) is 5.35. The zero-order valence-corrected chi connectivity index (χ0v) is 21.7. The Labute approximate surface area is 202 Å². The van der Waals surface area contributed by atoms with E-state index < -0.39 is 0 Å². The van der Waals surface area contributed by atoms with Crippen LogP contribution in [0.15, 0.2) is 28.2 Å². The van der Waals surface area contributed by atoms with Gasteiger partial charge in [-0.3, -0.25) is 14.2 Å². The molecule has 2 heterocycles. The highest BCUT2D eigenvalue weighted by molar-refractivity contribution is 7.99. The quantitative estimate of drug-likeness (QED) is 0.305. The van der Waals surface area contributed by atoms with Gasteiger partial charge in [0.2, 0.25) is 5.91 Å². The highest BCUT2D eigenvalue weighted by atomic mass is 32.2. The molecule has 7 nitrogen and oxygen atoms in total. The molecule has 3 aromatic rings. The number of rotatable bonds is 10. The van der Waals surface area contributed by atoms with Crippen LogP contribution >= 0.6 is 23.1 Å². The number of hydrogen-bond donors (Lipinski definition) is 0. The Balaban J connectivity index is 1.80. The molecule has 0 aliphatic rings. The number of hydrogen-bond acceptors (Lipinski definition) is 7. The Morgan fingerprint density at radius 3 is 2.67 bits per heavy atom. The highest BCUT2D eigenvalue weighted by Crippen LogP contribution is 2.32. The molecule has 0 aliphatic heterocycles. The Hall–Kier alpha value is -2.52. The van der Waals surface area contributed by atoms with Crippen LogP contribution in [0.25, 0.3) is 10.2 Å². The molecule has 33 heavy (non-hydrogen) atoms. The highest BCUT2D eigenvalue weighted by Gasteiger charge is 2.19. The minimum Gasteiger partial charge on any atom is -0.493 e. The molecule has 1 amide bonds. The summed E-state index contributed by atoms with van der Waals surface area (Å²) in [7, 11) is 4.94. The third-order valence-corrected chi connectivity index (χ3v) is 7.69. The van der Waals surface area contributed by atoms with Crippen LogP contribution in [-0.4, -0.2) is 47.4 Å². The maximum atomic E-state index is 13.2. The number of carbonyl (C=O) groups excluding carboxylic acids is 1. The fraction of sp³-hybridized carbons (Fsp3) is 0.458. The van der Waals surface area contributed by atoms with Crippen molar-refractivity contribution in [2.24, 2.45) is 0 Å². The second-order valence-corrected chi connectivity index (χ2v) is 10.0. The second kappa shape index (κ2) is 11.1. The van der Waals surface area contributed by atoms with Gasteiger partial charge in [-0.2, -0.15) is 0 Å². The van der Waals surface area contributed by atoms with Crippen LogP contribution in [0.4, 0.5) is 0 Å². The molecule has 3 rings (SSSR count). The topological polar surface area (TPSA) is 73.7 Å². The average Bonchev–Trinajstić information content (AvgIpc) is 3.09. The Kier molecular flexibility index (Phi) is 8.42. The predicted molar refractivity (Wildman–Crippen MR) is 135 cm³/mol. The normalized spacial score (nSPS) is 11.1. The maximum Gasteiger partial charge on any atom is 0.263 e. The van der Waals surface area contributed by atoms with Crippen LogP contribution in [0, 0.1) is 13.8 Å². The number of thiophene rings is 1. The average molecular weight is 490 g/mol. The summed E-state index contributed by atoms with van der Waals surface area (Å²) in [5, 5.41) is 1.30. The van der Waals surface area contributed by atoms with Crippen molar-refractivity contribution in [3.8, 4) is 11.5 Å². The van der Waals surface area contributed by atoms with Gasteiger partial charge in [0.1, 0.15) is 4.83 Å². The van der Waals surface area contributed by atoms with Gasteiger partial charge >= 0.3 is 0 Å². The lowest BCUT2D eigenvalue weighted by molar-refractivity contribution is -0.127. The molecule has 0 radical (unpaired) electrons. The van der Waals surface area contributed by atoms with Crippen LogP contribution in [0.2, 0.25) is 0 Å². The molecule has 2 aromatic heterocycles. The van der Waals surface area contributed by atoms with E-state index in [0.717, 1.165) is 33.7 Å². The number of methoxy groups -OCH3 is 2. The largest absolute Gasteiger partial charge is 0.493 e. The maximum absolute atomic E-state index is 13.2. The molecule has 0 spiro atoms. The second-order valence-electron chi connectivity index (χ2n) is 7.86.